The number of carbonyl (C=O) groups excluding carboxylic acids is 2. The third-order valence-corrected chi connectivity index (χ3v) is 4.76. The van der Waals surface area contributed by atoms with E-state index in [1.807, 2.05) is 17.9 Å². The van der Waals surface area contributed by atoms with Gasteiger partial charge in [0.1, 0.15) is 11.6 Å². The zero-order valence-corrected chi connectivity index (χ0v) is 16.2. The topological polar surface area (TPSA) is 110 Å². The third kappa shape index (κ3) is 3.75. The van der Waals surface area contributed by atoms with Crippen molar-refractivity contribution in [2.45, 2.75) is 26.4 Å². The Morgan fingerprint density at radius 1 is 1.29 bits per heavy atom. The Balaban J connectivity index is 1.73. The number of pyridine rings is 1. The number of piperazine rings is 1. The molecule has 150 valence electrons. The van der Waals surface area contributed by atoms with Crippen LogP contribution in [0.25, 0.3) is 11.2 Å². The Labute approximate surface area is 162 Å². The van der Waals surface area contributed by atoms with E-state index in [4.69, 9.17) is 0 Å². The second kappa shape index (κ2) is 8.24. The van der Waals surface area contributed by atoms with E-state index in [1.54, 1.807) is 28.7 Å². The second-order valence-electron chi connectivity index (χ2n) is 6.50. The van der Waals surface area contributed by atoms with Gasteiger partial charge in [-0.15, -0.1) is 0 Å². The average molecular weight is 388 g/mol. The number of carbonyl (C=O) groups is 2. The van der Waals surface area contributed by atoms with Gasteiger partial charge in [-0.2, -0.15) is 0 Å². The number of hydrogen-bond donors (Lipinski definition) is 1. The number of hydrogen-bond acceptors (Lipinski definition) is 7. The quantitative estimate of drug-likeness (QED) is 0.745. The molecule has 1 saturated heterocycles. The lowest BCUT2D eigenvalue weighted by Crippen LogP contribution is -2.55. The van der Waals surface area contributed by atoms with Crippen LogP contribution >= 0.6 is 0 Å². The number of ether oxygens (including phenoxy) is 1. The SMILES string of the molecule is CCn1c(=O)c(N2CCN(C(=O)N[C@H](C)C(=O)OC)CC2)nc2cccnc21. The zero-order valence-electron chi connectivity index (χ0n) is 16.2. The number of nitrogens with zero attached hydrogens (tertiary/aromatic N) is 5. The van der Waals surface area contributed by atoms with Crippen molar-refractivity contribution < 1.29 is 14.3 Å². The molecule has 0 saturated carbocycles. The van der Waals surface area contributed by atoms with E-state index in [9.17, 15) is 14.4 Å². The molecule has 1 fully saturated rings. The number of esters is 1. The molecule has 3 rings (SSSR count). The number of methoxy groups -OCH3 is 1. The van der Waals surface area contributed by atoms with Gasteiger partial charge in [0.25, 0.3) is 5.56 Å². The first-order valence-corrected chi connectivity index (χ1v) is 9.20. The van der Waals surface area contributed by atoms with E-state index in [2.05, 4.69) is 20.0 Å². The number of anilines is 1. The maximum Gasteiger partial charge on any atom is 0.328 e. The summed E-state index contributed by atoms with van der Waals surface area (Å²) in [5.41, 5.74) is 1.03. The molecule has 2 aromatic rings. The predicted octanol–water partition coefficient (Wildman–Crippen LogP) is 0.205. The van der Waals surface area contributed by atoms with Crippen LogP contribution in [0.5, 0.6) is 0 Å². The number of amides is 2. The van der Waals surface area contributed by atoms with Crippen molar-refractivity contribution in [3.05, 3.63) is 28.7 Å². The normalized spacial score (nSPS) is 15.4. The fourth-order valence-corrected chi connectivity index (χ4v) is 3.20. The Morgan fingerprint density at radius 2 is 2.00 bits per heavy atom. The summed E-state index contributed by atoms with van der Waals surface area (Å²) in [6.45, 7) is 5.73. The van der Waals surface area contributed by atoms with Crippen LogP contribution in [-0.4, -0.2) is 70.8 Å². The van der Waals surface area contributed by atoms with E-state index in [1.165, 1.54) is 7.11 Å². The minimum Gasteiger partial charge on any atom is -0.467 e. The van der Waals surface area contributed by atoms with Crippen molar-refractivity contribution in [3.63, 3.8) is 0 Å². The number of aromatic nitrogens is 3. The molecule has 0 spiro atoms. The minimum atomic E-state index is -0.720. The second-order valence-corrected chi connectivity index (χ2v) is 6.50. The summed E-state index contributed by atoms with van der Waals surface area (Å²) in [4.78, 5) is 48.9. The van der Waals surface area contributed by atoms with E-state index in [0.29, 0.717) is 49.7 Å². The summed E-state index contributed by atoms with van der Waals surface area (Å²) in [6, 6.07) is 2.56. The third-order valence-electron chi connectivity index (χ3n) is 4.76. The maximum atomic E-state index is 12.9. The average Bonchev–Trinajstić information content (AvgIpc) is 2.72. The molecule has 1 aliphatic heterocycles. The predicted molar refractivity (Wildman–Crippen MR) is 103 cm³/mol. The van der Waals surface area contributed by atoms with Crippen LogP contribution in [0.15, 0.2) is 23.1 Å². The van der Waals surface area contributed by atoms with E-state index in [-0.39, 0.29) is 11.6 Å². The van der Waals surface area contributed by atoms with Gasteiger partial charge < -0.3 is 19.9 Å². The highest BCUT2D eigenvalue weighted by Gasteiger charge is 2.26. The molecule has 1 N–H and O–H groups in total. The first kappa shape index (κ1) is 19.6. The van der Waals surface area contributed by atoms with Crippen LogP contribution in [-0.2, 0) is 16.1 Å². The van der Waals surface area contributed by atoms with Crippen molar-refractivity contribution in [2.75, 3.05) is 38.2 Å². The molecule has 28 heavy (non-hydrogen) atoms. The van der Waals surface area contributed by atoms with Crippen molar-refractivity contribution >= 4 is 29.0 Å². The monoisotopic (exact) mass is 388 g/mol. The van der Waals surface area contributed by atoms with Gasteiger partial charge in [0.05, 0.1) is 7.11 Å². The maximum absolute atomic E-state index is 12.9. The molecule has 1 aliphatic rings. The fourth-order valence-electron chi connectivity index (χ4n) is 3.20. The van der Waals surface area contributed by atoms with Gasteiger partial charge in [0.15, 0.2) is 11.5 Å². The molecule has 2 aromatic heterocycles. The smallest absolute Gasteiger partial charge is 0.328 e. The van der Waals surface area contributed by atoms with E-state index in [0.717, 1.165) is 0 Å². The summed E-state index contributed by atoms with van der Waals surface area (Å²) < 4.78 is 6.22. The lowest BCUT2D eigenvalue weighted by Gasteiger charge is -2.35. The van der Waals surface area contributed by atoms with Crippen LogP contribution in [0.1, 0.15) is 13.8 Å². The highest BCUT2D eigenvalue weighted by atomic mass is 16.5. The molecule has 10 nitrogen and oxygen atoms in total. The van der Waals surface area contributed by atoms with E-state index < -0.39 is 12.0 Å². The van der Waals surface area contributed by atoms with Crippen molar-refractivity contribution in [3.8, 4) is 0 Å². The minimum absolute atomic E-state index is 0.189. The standard InChI is InChI=1S/C18H24N6O4/c1-4-24-14-13(6-5-7-19-14)21-15(16(24)25)22-8-10-23(11-9-22)18(27)20-12(2)17(26)28-3/h5-7,12H,4,8-11H2,1-3H3,(H,20,27)/t12-/m1/s1. The van der Waals surface area contributed by atoms with Crippen LogP contribution < -0.4 is 15.8 Å². The zero-order chi connectivity index (χ0) is 20.3. The first-order chi connectivity index (χ1) is 13.5. The lowest BCUT2D eigenvalue weighted by molar-refractivity contribution is -0.142. The number of aryl methyl sites for hydroxylation is 1. The summed E-state index contributed by atoms with van der Waals surface area (Å²) >= 11 is 0. The van der Waals surface area contributed by atoms with Crippen molar-refractivity contribution in [1.29, 1.82) is 0 Å². The Morgan fingerprint density at radius 3 is 2.64 bits per heavy atom. The summed E-state index contributed by atoms with van der Waals surface area (Å²) in [5.74, 6) is -0.133. The van der Waals surface area contributed by atoms with Gasteiger partial charge in [-0.3, -0.25) is 9.36 Å². The number of nitrogens with one attached hydrogen (secondary N) is 1. The van der Waals surface area contributed by atoms with Crippen LogP contribution in [0.4, 0.5) is 10.6 Å². The summed E-state index contributed by atoms with van der Waals surface area (Å²) in [6.07, 6.45) is 1.64. The molecule has 3 heterocycles. The van der Waals surface area contributed by atoms with Gasteiger partial charge in [-0.1, -0.05) is 0 Å². The first-order valence-electron chi connectivity index (χ1n) is 9.20. The molecule has 2 amide bonds. The molecule has 0 radical (unpaired) electrons. The number of urea groups is 1. The Kier molecular flexibility index (Phi) is 5.76. The molecule has 0 aliphatic carbocycles. The van der Waals surface area contributed by atoms with E-state index >= 15 is 0 Å². The lowest BCUT2D eigenvalue weighted by atomic mass is 10.3. The Bertz CT molecular complexity index is 935. The molecule has 1 atom stereocenters. The van der Waals surface area contributed by atoms with Crippen LogP contribution in [0.3, 0.4) is 0 Å². The van der Waals surface area contributed by atoms with Gasteiger partial charge in [-0.05, 0) is 26.0 Å². The highest BCUT2D eigenvalue weighted by Crippen LogP contribution is 2.14. The van der Waals surface area contributed by atoms with Gasteiger partial charge in [-0.25, -0.2) is 19.6 Å². The van der Waals surface area contributed by atoms with Gasteiger partial charge >= 0.3 is 12.0 Å². The Hall–Kier alpha value is -3.17. The largest absolute Gasteiger partial charge is 0.467 e. The molecular weight excluding hydrogens is 364 g/mol. The molecular formula is C18H24N6O4. The summed E-state index contributed by atoms with van der Waals surface area (Å²) in [5, 5.41) is 2.61. The molecule has 0 aromatic carbocycles. The van der Waals surface area contributed by atoms with Crippen molar-refractivity contribution in [2.24, 2.45) is 0 Å². The molecule has 0 unspecified atom stereocenters. The fraction of sp³-hybridized carbons (Fsp3) is 0.500. The summed E-state index contributed by atoms with van der Waals surface area (Å²) in [7, 11) is 1.28. The van der Waals surface area contributed by atoms with Crippen LogP contribution in [0, 0.1) is 0 Å². The highest BCUT2D eigenvalue weighted by molar-refractivity contribution is 5.83. The number of rotatable bonds is 4. The van der Waals surface area contributed by atoms with Gasteiger partial charge in [0.2, 0.25) is 0 Å². The number of fused-ring (bicyclic) bond motifs is 1. The van der Waals surface area contributed by atoms with Crippen LogP contribution in [0.2, 0.25) is 0 Å². The molecule has 10 heteroatoms. The van der Waals surface area contributed by atoms with Gasteiger partial charge in [0, 0.05) is 38.9 Å². The molecule has 0 bridgehead atoms. The van der Waals surface area contributed by atoms with Crippen molar-refractivity contribution in [1.82, 2.24) is 24.8 Å².